The highest BCUT2D eigenvalue weighted by Crippen LogP contribution is 2.22. The Morgan fingerprint density at radius 1 is 1.00 bits per heavy atom. The third kappa shape index (κ3) is 2.39. The molecule has 0 bridgehead atoms. The number of halogens is 1. The zero-order chi connectivity index (χ0) is 13.3. The van der Waals surface area contributed by atoms with Gasteiger partial charge in [0.2, 0.25) is 0 Å². The Hall–Kier alpha value is -1.80. The van der Waals surface area contributed by atoms with E-state index in [4.69, 9.17) is 17.3 Å². The normalized spacial score (nSPS) is 10.4. The topological polar surface area (TPSA) is 43.1 Å². The van der Waals surface area contributed by atoms with E-state index in [-0.39, 0.29) is 5.78 Å². The van der Waals surface area contributed by atoms with Crippen molar-refractivity contribution in [1.82, 2.24) is 0 Å². The molecule has 18 heavy (non-hydrogen) atoms. The van der Waals surface area contributed by atoms with Gasteiger partial charge in [-0.05, 0) is 49.2 Å². The van der Waals surface area contributed by atoms with Crippen LogP contribution in [0.25, 0.3) is 0 Å². The molecule has 0 aliphatic rings. The SMILES string of the molecule is Cc1ccc(C(=O)c2ccc(Cl)c(N)c2)cc1C. The molecule has 0 aliphatic carbocycles. The first kappa shape index (κ1) is 12.7. The fourth-order valence-corrected chi connectivity index (χ4v) is 1.85. The molecule has 0 radical (unpaired) electrons. The molecule has 3 heteroatoms. The summed E-state index contributed by atoms with van der Waals surface area (Å²) in [6.45, 7) is 4.01. The molecule has 92 valence electrons. The molecule has 2 nitrogen and oxygen atoms in total. The quantitative estimate of drug-likeness (QED) is 0.659. The van der Waals surface area contributed by atoms with E-state index >= 15 is 0 Å². The first-order chi connectivity index (χ1) is 8.49. The van der Waals surface area contributed by atoms with Crippen LogP contribution in [0.3, 0.4) is 0 Å². The summed E-state index contributed by atoms with van der Waals surface area (Å²) in [7, 11) is 0. The predicted molar refractivity (Wildman–Crippen MR) is 75.2 cm³/mol. The maximum atomic E-state index is 12.3. The van der Waals surface area contributed by atoms with Gasteiger partial charge in [-0.1, -0.05) is 23.7 Å². The first-order valence-electron chi connectivity index (χ1n) is 5.66. The van der Waals surface area contributed by atoms with Crippen molar-refractivity contribution < 1.29 is 4.79 Å². The first-order valence-corrected chi connectivity index (χ1v) is 6.04. The van der Waals surface area contributed by atoms with Crippen LogP contribution in [-0.2, 0) is 0 Å². The molecule has 0 saturated carbocycles. The molecule has 0 unspecified atom stereocenters. The van der Waals surface area contributed by atoms with Crippen molar-refractivity contribution in [2.75, 3.05) is 5.73 Å². The van der Waals surface area contributed by atoms with Gasteiger partial charge in [0.05, 0.1) is 10.7 Å². The molecule has 0 spiro atoms. The highest BCUT2D eigenvalue weighted by molar-refractivity contribution is 6.33. The van der Waals surface area contributed by atoms with Gasteiger partial charge in [0.15, 0.2) is 5.78 Å². The van der Waals surface area contributed by atoms with Gasteiger partial charge >= 0.3 is 0 Å². The number of hydrogen-bond donors (Lipinski definition) is 1. The predicted octanol–water partition coefficient (Wildman–Crippen LogP) is 3.77. The number of benzene rings is 2. The Labute approximate surface area is 111 Å². The van der Waals surface area contributed by atoms with Gasteiger partial charge in [-0.2, -0.15) is 0 Å². The number of carbonyl (C=O) groups excluding carboxylic acids is 1. The molecule has 0 atom stereocenters. The van der Waals surface area contributed by atoms with Crippen LogP contribution in [0.15, 0.2) is 36.4 Å². The molecule has 2 aromatic carbocycles. The lowest BCUT2D eigenvalue weighted by Gasteiger charge is -2.06. The lowest BCUT2D eigenvalue weighted by atomic mass is 9.99. The van der Waals surface area contributed by atoms with Crippen LogP contribution in [-0.4, -0.2) is 5.78 Å². The van der Waals surface area contributed by atoms with Crippen LogP contribution < -0.4 is 5.73 Å². The van der Waals surface area contributed by atoms with Crippen LogP contribution >= 0.6 is 11.6 Å². The highest BCUT2D eigenvalue weighted by Gasteiger charge is 2.11. The smallest absolute Gasteiger partial charge is 0.193 e. The number of ketones is 1. The number of nitrogen functional groups attached to an aromatic ring is 1. The summed E-state index contributed by atoms with van der Waals surface area (Å²) < 4.78 is 0. The number of hydrogen-bond acceptors (Lipinski definition) is 2. The number of carbonyl (C=O) groups is 1. The van der Waals surface area contributed by atoms with Crippen LogP contribution in [0.5, 0.6) is 0 Å². The van der Waals surface area contributed by atoms with E-state index in [1.54, 1.807) is 18.2 Å². The lowest BCUT2D eigenvalue weighted by Crippen LogP contribution is -2.03. The van der Waals surface area contributed by atoms with Crippen LogP contribution in [0.1, 0.15) is 27.0 Å². The van der Waals surface area contributed by atoms with Crippen LogP contribution in [0, 0.1) is 13.8 Å². The van der Waals surface area contributed by atoms with Gasteiger partial charge < -0.3 is 5.73 Å². The minimum Gasteiger partial charge on any atom is -0.398 e. The van der Waals surface area contributed by atoms with Gasteiger partial charge in [0.1, 0.15) is 0 Å². The fraction of sp³-hybridized carbons (Fsp3) is 0.133. The van der Waals surface area contributed by atoms with Gasteiger partial charge in [-0.25, -0.2) is 0 Å². The van der Waals surface area contributed by atoms with Crippen molar-refractivity contribution in [3.63, 3.8) is 0 Å². The number of nitrogens with two attached hydrogens (primary N) is 1. The molecule has 2 N–H and O–H groups in total. The van der Waals surface area contributed by atoms with E-state index in [0.29, 0.717) is 21.8 Å². The fourth-order valence-electron chi connectivity index (χ4n) is 1.73. The molecule has 2 rings (SSSR count). The molecule has 0 amide bonds. The van der Waals surface area contributed by atoms with Gasteiger partial charge in [-0.15, -0.1) is 0 Å². The summed E-state index contributed by atoms with van der Waals surface area (Å²) in [5.74, 6) is -0.0403. The summed E-state index contributed by atoms with van der Waals surface area (Å²) in [4.78, 5) is 12.3. The van der Waals surface area contributed by atoms with E-state index < -0.39 is 0 Å². The second kappa shape index (κ2) is 4.83. The maximum absolute atomic E-state index is 12.3. The van der Waals surface area contributed by atoms with Crippen molar-refractivity contribution in [3.8, 4) is 0 Å². The Bertz CT molecular complexity index is 566. The molecular weight excluding hydrogens is 246 g/mol. The molecular formula is C15H14ClNO. The zero-order valence-electron chi connectivity index (χ0n) is 10.3. The summed E-state index contributed by atoms with van der Waals surface area (Å²) in [6, 6.07) is 10.6. The van der Waals surface area contributed by atoms with Crippen molar-refractivity contribution >= 4 is 23.1 Å². The van der Waals surface area contributed by atoms with E-state index in [9.17, 15) is 4.79 Å². The molecule has 2 aromatic rings. The molecule has 0 saturated heterocycles. The third-order valence-corrected chi connectivity index (χ3v) is 3.37. The molecule has 0 heterocycles. The van der Waals surface area contributed by atoms with E-state index in [0.717, 1.165) is 5.56 Å². The molecule has 0 aliphatic heterocycles. The van der Waals surface area contributed by atoms with Gasteiger partial charge in [-0.3, -0.25) is 4.79 Å². The minimum atomic E-state index is -0.0403. The Balaban J connectivity index is 2.41. The van der Waals surface area contributed by atoms with Crippen molar-refractivity contribution in [2.45, 2.75) is 13.8 Å². The largest absolute Gasteiger partial charge is 0.398 e. The maximum Gasteiger partial charge on any atom is 0.193 e. The van der Waals surface area contributed by atoms with Crippen molar-refractivity contribution in [1.29, 1.82) is 0 Å². The van der Waals surface area contributed by atoms with Gasteiger partial charge in [0, 0.05) is 11.1 Å². The summed E-state index contributed by atoms with van der Waals surface area (Å²) in [5.41, 5.74) is 9.62. The molecule has 0 aromatic heterocycles. The average molecular weight is 260 g/mol. The monoisotopic (exact) mass is 259 g/mol. The second-order valence-electron chi connectivity index (χ2n) is 4.36. The Morgan fingerprint density at radius 2 is 1.61 bits per heavy atom. The minimum absolute atomic E-state index is 0.0403. The van der Waals surface area contributed by atoms with Crippen molar-refractivity contribution in [2.24, 2.45) is 0 Å². The van der Waals surface area contributed by atoms with Gasteiger partial charge in [0.25, 0.3) is 0 Å². The van der Waals surface area contributed by atoms with E-state index in [1.165, 1.54) is 5.56 Å². The second-order valence-corrected chi connectivity index (χ2v) is 4.77. The average Bonchev–Trinajstić information content (AvgIpc) is 2.35. The zero-order valence-corrected chi connectivity index (χ0v) is 11.1. The standard InChI is InChI=1S/C15H14ClNO/c1-9-3-4-11(7-10(9)2)15(18)12-5-6-13(16)14(17)8-12/h3-8H,17H2,1-2H3. The van der Waals surface area contributed by atoms with Crippen molar-refractivity contribution in [3.05, 3.63) is 63.7 Å². The number of anilines is 1. The van der Waals surface area contributed by atoms with E-state index in [2.05, 4.69) is 0 Å². The third-order valence-electron chi connectivity index (χ3n) is 3.03. The summed E-state index contributed by atoms with van der Waals surface area (Å²) in [5, 5.41) is 0.464. The Morgan fingerprint density at radius 3 is 2.22 bits per heavy atom. The van der Waals surface area contributed by atoms with E-state index in [1.807, 2.05) is 32.0 Å². The summed E-state index contributed by atoms with van der Waals surface area (Å²) >= 11 is 5.84. The van der Waals surface area contributed by atoms with Crippen LogP contribution in [0.2, 0.25) is 5.02 Å². The summed E-state index contributed by atoms with van der Waals surface area (Å²) in [6.07, 6.45) is 0. The lowest BCUT2D eigenvalue weighted by molar-refractivity contribution is 0.103. The molecule has 0 fully saturated rings. The van der Waals surface area contributed by atoms with Crippen LogP contribution in [0.4, 0.5) is 5.69 Å². The highest BCUT2D eigenvalue weighted by atomic mass is 35.5. The Kier molecular flexibility index (Phi) is 3.39. The number of rotatable bonds is 2. The number of aryl methyl sites for hydroxylation is 2.